The Bertz CT molecular complexity index is 955. The summed E-state index contributed by atoms with van der Waals surface area (Å²) in [7, 11) is 0. The summed E-state index contributed by atoms with van der Waals surface area (Å²) in [5.41, 5.74) is 0.920. The van der Waals surface area contributed by atoms with Crippen molar-refractivity contribution in [1.29, 1.82) is 0 Å². The number of nitrogens with zero attached hydrogens (tertiary/aromatic N) is 2. The number of halogens is 1. The zero-order valence-electron chi connectivity index (χ0n) is 13.9. The minimum atomic E-state index is -0.944. The highest BCUT2D eigenvalue weighted by Crippen LogP contribution is 2.39. The Labute approximate surface area is 152 Å². The van der Waals surface area contributed by atoms with Gasteiger partial charge >= 0.3 is 5.97 Å². The first kappa shape index (κ1) is 16.8. The molecule has 1 aliphatic rings. The van der Waals surface area contributed by atoms with Gasteiger partial charge in [0.05, 0.1) is 12.0 Å². The molecule has 1 fully saturated rings. The van der Waals surface area contributed by atoms with Gasteiger partial charge in [-0.25, -0.2) is 9.37 Å². The van der Waals surface area contributed by atoms with Gasteiger partial charge in [0.15, 0.2) is 4.96 Å². The summed E-state index contributed by atoms with van der Waals surface area (Å²) in [5, 5.41) is 24.6. The normalized spacial score (nSPS) is 15.0. The highest BCUT2D eigenvalue weighted by molar-refractivity contribution is 7.15. The highest BCUT2D eigenvalue weighted by atomic mass is 32.1. The Morgan fingerprint density at radius 1 is 1.38 bits per heavy atom. The summed E-state index contributed by atoms with van der Waals surface area (Å²) >= 11 is 1.30. The van der Waals surface area contributed by atoms with Crippen LogP contribution in [0.3, 0.4) is 0 Å². The van der Waals surface area contributed by atoms with E-state index in [2.05, 4.69) is 10.3 Å². The Balaban J connectivity index is 1.91. The fraction of sp³-hybridized carbons (Fsp3) is 0.333. The van der Waals surface area contributed by atoms with E-state index < -0.39 is 11.8 Å². The smallest absolute Gasteiger partial charge is 0.309 e. The number of thiazole rings is 1. The number of anilines is 1. The molecular formula is C18H18FN3O3S. The number of rotatable bonds is 5. The first-order valence-electron chi connectivity index (χ1n) is 8.49. The number of aliphatic carboxylic acids is 1. The van der Waals surface area contributed by atoms with Gasteiger partial charge < -0.3 is 15.5 Å². The minimum absolute atomic E-state index is 0.0326. The second kappa shape index (κ2) is 6.60. The highest BCUT2D eigenvalue weighted by Gasteiger charge is 2.26. The van der Waals surface area contributed by atoms with Crippen LogP contribution in [-0.4, -0.2) is 31.6 Å². The molecule has 1 aliphatic carbocycles. The van der Waals surface area contributed by atoms with Gasteiger partial charge in [-0.15, -0.1) is 11.3 Å². The maximum Gasteiger partial charge on any atom is 0.309 e. The van der Waals surface area contributed by atoms with Crippen molar-refractivity contribution in [3.63, 3.8) is 0 Å². The topological polar surface area (TPSA) is 86.9 Å². The van der Waals surface area contributed by atoms with E-state index in [9.17, 15) is 19.4 Å². The number of carboxylic acid groups (broad SMARTS) is 1. The molecule has 0 aliphatic heterocycles. The summed E-state index contributed by atoms with van der Waals surface area (Å²) in [6, 6.07) is 4.36. The van der Waals surface area contributed by atoms with Crippen molar-refractivity contribution in [2.24, 2.45) is 0 Å². The number of phenols is 1. The quantitative estimate of drug-likeness (QED) is 0.630. The van der Waals surface area contributed by atoms with Crippen LogP contribution < -0.4 is 5.32 Å². The maximum absolute atomic E-state index is 14.4. The third-order valence-corrected chi connectivity index (χ3v) is 5.57. The predicted octanol–water partition coefficient (Wildman–Crippen LogP) is 3.89. The molecule has 8 heteroatoms. The SMILES string of the molecule is O=C(O)Cc1csc2nc(-c3c(O)cccc3F)c(NC3CCCC3)n12. The fourth-order valence-electron chi connectivity index (χ4n) is 3.51. The molecule has 26 heavy (non-hydrogen) atoms. The molecule has 0 atom stereocenters. The molecule has 4 rings (SSSR count). The molecule has 6 nitrogen and oxygen atoms in total. The molecular weight excluding hydrogens is 357 g/mol. The van der Waals surface area contributed by atoms with Crippen molar-refractivity contribution in [1.82, 2.24) is 9.38 Å². The van der Waals surface area contributed by atoms with E-state index in [-0.39, 0.29) is 23.8 Å². The van der Waals surface area contributed by atoms with Crippen LogP contribution in [0.15, 0.2) is 23.6 Å². The van der Waals surface area contributed by atoms with Crippen LogP contribution in [0.2, 0.25) is 0 Å². The van der Waals surface area contributed by atoms with Crippen molar-refractivity contribution in [3.8, 4) is 17.0 Å². The largest absolute Gasteiger partial charge is 0.507 e. The first-order valence-corrected chi connectivity index (χ1v) is 9.37. The number of nitrogens with one attached hydrogen (secondary N) is 1. The van der Waals surface area contributed by atoms with Crippen LogP contribution in [0.25, 0.3) is 16.2 Å². The Morgan fingerprint density at radius 2 is 2.15 bits per heavy atom. The predicted molar refractivity (Wildman–Crippen MR) is 97.3 cm³/mol. The molecule has 3 aromatic rings. The average Bonchev–Trinajstić information content (AvgIpc) is 3.28. The fourth-order valence-corrected chi connectivity index (χ4v) is 4.40. The van der Waals surface area contributed by atoms with Crippen molar-refractivity contribution >= 4 is 28.1 Å². The number of carboxylic acids is 1. The number of benzene rings is 1. The van der Waals surface area contributed by atoms with Crippen molar-refractivity contribution in [2.75, 3.05) is 5.32 Å². The Hall–Kier alpha value is -2.61. The lowest BCUT2D eigenvalue weighted by molar-refractivity contribution is -0.136. The second-order valence-electron chi connectivity index (χ2n) is 6.48. The molecule has 1 saturated carbocycles. The molecule has 2 heterocycles. The lowest BCUT2D eigenvalue weighted by atomic mass is 10.1. The molecule has 0 radical (unpaired) electrons. The number of hydrogen-bond acceptors (Lipinski definition) is 5. The summed E-state index contributed by atoms with van der Waals surface area (Å²) < 4.78 is 16.2. The van der Waals surface area contributed by atoms with Gasteiger partial charge in [-0.2, -0.15) is 0 Å². The zero-order chi connectivity index (χ0) is 18.3. The molecule has 1 aromatic carbocycles. The summed E-state index contributed by atoms with van der Waals surface area (Å²) in [6.45, 7) is 0. The van der Waals surface area contributed by atoms with Crippen LogP contribution >= 0.6 is 11.3 Å². The average molecular weight is 375 g/mol. The Kier molecular flexibility index (Phi) is 4.28. The number of phenolic OH excluding ortho intramolecular Hbond substituents is 1. The molecule has 136 valence electrons. The van der Waals surface area contributed by atoms with Gasteiger partial charge in [-0.1, -0.05) is 18.9 Å². The van der Waals surface area contributed by atoms with Gasteiger partial charge in [0.25, 0.3) is 0 Å². The number of imidazole rings is 1. The number of aromatic hydroxyl groups is 1. The number of carbonyl (C=O) groups is 1. The first-order chi connectivity index (χ1) is 12.5. The zero-order valence-corrected chi connectivity index (χ0v) is 14.7. The molecule has 0 bridgehead atoms. The van der Waals surface area contributed by atoms with Gasteiger partial charge in [-0.3, -0.25) is 9.20 Å². The molecule has 0 amide bonds. The van der Waals surface area contributed by atoms with Gasteiger partial charge in [0, 0.05) is 17.1 Å². The van der Waals surface area contributed by atoms with Crippen LogP contribution in [0.4, 0.5) is 10.2 Å². The summed E-state index contributed by atoms with van der Waals surface area (Å²) in [6.07, 6.45) is 4.07. The third-order valence-electron chi connectivity index (χ3n) is 4.69. The van der Waals surface area contributed by atoms with Crippen LogP contribution in [-0.2, 0) is 11.2 Å². The third kappa shape index (κ3) is 2.90. The van der Waals surface area contributed by atoms with E-state index in [1.54, 1.807) is 9.78 Å². The van der Waals surface area contributed by atoms with Crippen molar-refractivity contribution < 1.29 is 19.4 Å². The van der Waals surface area contributed by atoms with Gasteiger partial charge in [-0.05, 0) is 25.0 Å². The standard InChI is InChI=1S/C18H18FN3O3S/c19-12-6-3-7-13(23)15(12)16-17(20-10-4-1-2-5-10)22-11(8-14(24)25)9-26-18(22)21-16/h3,6-7,9-10,20,23H,1-2,4-5,8H2,(H,24,25). The molecule has 2 aromatic heterocycles. The van der Waals surface area contributed by atoms with E-state index in [0.717, 1.165) is 25.7 Å². The lowest BCUT2D eigenvalue weighted by Crippen LogP contribution is -2.17. The van der Waals surface area contributed by atoms with Gasteiger partial charge in [0.1, 0.15) is 23.1 Å². The molecule has 0 saturated heterocycles. The van der Waals surface area contributed by atoms with Crippen LogP contribution in [0, 0.1) is 5.82 Å². The minimum Gasteiger partial charge on any atom is -0.507 e. The van der Waals surface area contributed by atoms with Gasteiger partial charge in [0.2, 0.25) is 0 Å². The number of aromatic nitrogens is 2. The van der Waals surface area contributed by atoms with E-state index >= 15 is 0 Å². The monoisotopic (exact) mass is 375 g/mol. The lowest BCUT2D eigenvalue weighted by Gasteiger charge is -2.16. The number of fused-ring (bicyclic) bond motifs is 1. The molecule has 3 N–H and O–H groups in total. The Morgan fingerprint density at radius 3 is 2.85 bits per heavy atom. The van der Waals surface area contributed by atoms with E-state index in [0.29, 0.717) is 22.2 Å². The maximum atomic E-state index is 14.4. The summed E-state index contributed by atoms with van der Waals surface area (Å²) in [4.78, 5) is 16.3. The van der Waals surface area contributed by atoms with Crippen molar-refractivity contribution in [3.05, 3.63) is 35.1 Å². The summed E-state index contributed by atoms with van der Waals surface area (Å²) in [5.74, 6) is -1.15. The van der Waals surface area contributed by atoms with E-state index in [1.807, 2.05) is 0 Å². The van der Waals surface area contributed by atoms with E-state index in [1.165, 1.54) is 29.5 Å². The molecule has 0 spiro atoms. The van der Waals surface area contributed by atoms with Crippen LogP contribution in [0.5, 0.6) is 5.75 Å². The van der Waals surface area contributed by atoms with E-state index in [4.69, 9.17) is 0 Å². The second-order valence-corrected chi connectivity index (χ2v) is 7.32. The van der Waals surface area contributed by atoms with Crippen molar-refractivity contribution in [2.45, 2.75) is 38.1 Å². The number of hydrogen-bond donors (Lipinski definition) is 3. The van der Waals surface area contributed by atoms with Crippen LogP contribution in [0.1, 0.15) is 31.4 Å². The molecule has 0 unspecified atom stereocenters.